The number of carbonyl (C=O) groups excluding carboxylic acids is 1. The number of nitrogens with one attached hydrogen (secondary N) is 1. The highest BCUT2D eigenvalue weighted by atomic mass is 16.3. The van der Waals surface area contributed by atoms with Gasteiger partial charge < -0.3 is 10.4 Å². The summed E-state index contributed by atoms with van der Waals surface area (Å²) in [5.74, 6) is -0.0400. The summed E-state index contributed by atoms with van der Waals surface area (Å²) in [4.78, 5) is 14.4. The molecule has 2 rings (SSSR count). The summed E-state index contributed by atoms with van der Waals surface area (Å²) in [6.45, 7) is 6.82. The summed E-state index contributed by atoms with van der Waals surface area (Å²) in [6.07, 6.45) is 2.76. The van der Waals surface area contributed by atoms with Crippen LogP contribution in [0.1, 0.15) is 37.6 Å². The van der Waals surface area contributed by atoms with E-state index in [4.69, 9.17) is 0 Å². The lowest BCUT2D eigenvalue weighted by Crippen LogP contribution is -2.48. The smallest absolute Gasteiger partial charge is 0.238 e. The standard InChI is InChI=1S/C15H26N4O2/c1-10-15(11(2)18(4)17-10)16-14(21)9-19-8-6-5-7-13(19)12(3)20/h12-13,20H,5-9H2,1-4H3,(H,16,21). The van der Waals surface area contributed by atoms with Crippen LogP contribution >= 0.6 is 0 Å². The van der Waals surface area contributed by atoms with E-state index in [-0.39, 0.29) is 11.9 Å². The van der Waals surface area contributed by atoms with Crippen LogP contribution in [0.2, 0.25) is 0 Å². The monoisotopic (exact) mass is 294 g/mol. The largest absolute Gasteiger partial charge is 0.392 e. The van der Waals surface area contributed by atoms with Gasteiger partial charge >= 0.3 is 0 Å². The first-order valence-corrected chi connectivity index (χ1v) is 7.62. The van der Waals surface area contributed by atoms with Crippen LogP contribution in [0.25, 0.3) is 0 Å². The van der Waals surface area contributed by atoms with E-state index in [1.807, 2.05) is 20.9 Å². The number of nitrogens with zero attached hydrogens (tertiary/aromatic N) is 3. The average molecular weight is 294 g/mol. The number of carbonyl (C=O) groups is 1. The lowest BCUT2D eigenvalue weighted by Gasteiger charge is -2.36. The normalized spacial score (nSPS) is 21.3. The fraction of sp³-hybridized carbons (Fsp3) is 0.733. The molecule has 1 aromatic rings. The Morgan fingerprint density at radius 1 is 1.48 bits per heavy atom. The molecule has 2 unspecified atom stereocenters. The molecule has 118 valence electrons. The Labute approximate surface area is 126 Å². The predicted molar refractivity (Wildman–Crippen MR) is 82.2 cm³/mol. The Morgan fingerprint density at radius 2 is 2.19 bits per heavy atom. The van der Waals surface area contributed by atoms with Crippen LogP contribution in [0.15, 0.2) is 0 Å². The highest BCUT2D eigenvalue weighted by Gasteiger charge is 2.28. The summed E-state index contributed by atoms with van der Waals surface area (Å²) in [6, 6.07) is 0.0839. The molecule has 1 aromatic heterocycles. The Hall–Kier alpha value is -1.40. The maximum absolute atomic E-state index is 12.3. The molecule has 1 aliphatic heterocycles. The van der Waals surface area contributed by atoms with Crippen LogP contribution < -0.4 is 5.32 Å². The molecule has 1 fully saturated rings. The highest BCUT2D eigenvalue weighted by Crippen LogP contribution is 2.21. The molecule has 1 saturated heterocycles. The third kappa shape index (κ3) is 3.63. The zero-order valence-electron chi connectivity index (χ0n) is 13.4. The first kappa shape index (κ1) is 16.0. The summed E-state index contributed by atoms with van der Waals surface area (Å²) in [5.41, 5.74) is 2.58. The molecule has 0 bridgehead atoms. The molecule has 0 aromatic carbocycles. The van der Waals surface area contributed by atoms with Crippen molar-refractivity contribution < 1.29 is 9.90 Å². The minimum Gasteiger partial charge on any atom is -0.392 e. The summed E-state index contributed by atoms with van der Waals surface area (Å²) in [7, 11) is 1.87. The van der Waals surface area contributed by atoms with Gasteiger partial charge in [0.25, 0.3) is 0 Å². The van der Waals surface area contributed by atoms with Gasteiger partial charge in [0.1, 0.15) is 0 Å². The number of piperidine rings is 1. The molecule has 0 aliphatic carbocycles. The molecule has 0 radical (unpaired) electrons. The fourth-order valence-electron chi connectivity index (χ4n) is 3.08. The van der Waals surface area contributed by atoms with Crippen molar-refractivity contribution in [3.63, 3.8) is 0 Å². The van der Waals surface area contributed by atoms with Crippen LogP contribution in [0.3, 0.4) is 0 Å². The Kier molecular flexibility index (Phi) is 5.00. The Bertz CT molecular complexity index is 510. The van der Waals surface area contributed by atoms with Crippen molar-refractivity contribution >= 4 is 11.6 Å². The highest BCUT2D eigenvalue weighted by molar-refractivity contribution is 5.93. The second-order valence-electron chi connectivity index (χ2n) is 5.99. The summed E-state index contributed by atoms with van der Waals surface area (Å²) < 4.78 is 1.77. The predicted octanol–water partition coefficient (Wildman–Crippen LogP) is 1.21. The van der Waals surface area contributed by atoms with Gasteiger partial charge in [-0.3, -0.25) is 14.4 Å². The molecule has 6 nitrogen and oxygen atoms in total. The number of hydrogen-bond acceptors (Lipinski definition) is 4. The molecule has 0 saturated carbocycles. The average Bonchev–Trinajstić information content (AvgIpc) is 2.66. The molecular formula is C15H26N4O2. The van der Waals surface area contributed by atoms with Gasteiger partial charge in [-0.05, 0) is 40.2 Å². The molecule has 2 atom stereocenters. The molecule has 1 amide bonds. The fourth-order valence-corrected chi connectivity index (χ4v) is 3.08. The van der Waals surface area contributed by atoms with Crippen LogP contribution in [0.4, 0.5) is 5.69 Å². The van der Waals surface area contributed by atoms with E-state index in [1.165, 1.54) is 0 Å². The third-order valence-electron chi connectivity index (χ3n) is 4.34. The maximum Gasteiger partial charge on any atom is 0.238 e. The van der Waals surface area contributed by atoms with Gasteiger partial charge in [-0.1, -0.05) is 6.42 Å². The minimum absolute atomic E-state index is 0.0400. The summed E-state index contributed by atoms with van der Waals surface area (Å²) >= 11 is 0. The number of hydrogen-bond donors (Lipinski definition) is 2. The number of anilines is 1. The first-order chi connectivity index (χ1) is 9.90. The molecule has 21 heavy (non-hydrogen) atoms. The number of likely N-dealkylation sites (tertiary alicyclic amines) is 1. The SMILES string of the molecule is Cc1nn(C)c(C)c1NC(=O)CN1CCCCC1C(C)O. The van der Waals surface area contributed by atoms with E-state index in [0.717, 1.165) is 42.9 Å². The molecule has 1 aliphatic rings. The lowest BCUT2D eigenvalue weighted by molar-refractivity contribution is -0.118. The van der Waals surface area contributed by atoms with Crippen LogP contribution in [-0.2, 0) is 11.8 Å². The lowest BCUT2D eigenvalue weighted by atomic mass is 9.98. The number of rotatable bonds is 4. The van der Waals surface area contributed by atoms with Gasteiger partial charge in [0, 0.05) is 13.1 Å². The zero-order valence-corrected chi connectivity index (χ0v) is 13.4. The third-order valence-corrected chi connectivity index (χ3v) is 4.34. The van der Waals surface area contributed by atoms with Gasteiger partial charge in [-0.15, -0.1) is 0 Å². The van der Waals surface area contributed by atoms with Crippen molar-refractivity contribution in [2.45, 2.75) is 52.2 Å². The van der Waals surface area contributed by atoms with Gasteiger partial charge in [-0.2, -0.15) is 5.10 Å². The van der Waals surface area contributed by atoms with Gasteiger partial charge in [0.2, 0.25) is 5.91 Å². The molecule has 6 heteroatoms. The van der Waals surface area contributed by atoms with Crippen molar-refractivity contribution in [2.24, 2.45) is 7.05 Å². The molecule has 0 spiro atoms. The van der Waals surface area contributed by atoms with E-state index in [0.29, 0.717) is 6.54 Å². The van der Waals surface area contributed by atoms with E-state index >= 15 is 0 Å². The van der Waals surface area contributed by atoms with Crippen LogP contribution in [-0.4, -0.2) is 50.9 Å². The topological polar surface area (TPSA) is 70.4 Å². The van der Waals surface area contributed by atoms with Crippen molar-refractivity contribution in [3.05, 3.63) is 11.4 Å². The van der Waals surface area contributed by atoms with Crippen molar-refractivity contribution in [1.82, 2.24) is 14.7 Å². The van der Waals surface area contributed by atoms with Crippen LogP contribution in [0.5, 0.6) is 0 Å². The van der Waals surface area contributed by atoms with Crippen LogP contribution in [0, 0.1) is 13.8 Å². The number of aromatic nitrogens is 2. The van der Waals surface area contributed by atoms with Gasteiger partial charge in [-0.25, -0.2) is 0 Å². The Morgan fingerprint density at radius 3 is 2.76 bits per heavy atom. The van der Waals surface area contributed by atoms with Crippen molar-refractivity contribution in [2.75, 3.05) is 18.4 Å². The molecule has 2 heterocycles. The molecule has 2 N–H and O–H groups in total. The summed E-state index contributed by atoms with van der Waals surface area (Å²) in [5, 5.41) is 17.1. The first-order valence-electron chi connectivity index (χ1n) is 7.62. The maximum atomic E-state index is 12.3. The van der Waals surface area contributed by atoms with E-state index in [1.54, 1.807) is 11.6 Å². The Balaban J connectivity index is 2.00. The minimum atomic E-state index is -0.403. The number of aliphatic hydroxyl groups excluding tert-OH is 1. The quantitative estimate of drug-likeness (QED) is 0.876. The van der Waals surface area contributed by atoms with Crippen molar-refractivity contribution in [1.29, 1.82) is 0 Å². The molecular weight excluding hydrogens is 268 g/mol. The second kappa shape index (κ2) is 6.58. The zero-order chi connectivity index (χ0) is 15.6. The van der Waals surface area contributed by atoms with Crippen molar-refractivity contribution in [3.8, 4) is 0 Å². The van der Waals surface area contributed by atoms with E-state index in [9.17, 15) is 9.90 Å². The second-order valence-corrected chi connectivity index (χ2v) is 5.99. The number of amides is 1. The van der Waals surface area contributed by atoms with E-state index < -0.39 is 6.10 Å². The number of aryl methyl sites for hydroxylation is 2. The van der Waals surface area contributed by atoms with Gasteiger partial charge in [0.05, 0.1) is 29.7 Å². The van der Waals surface area contributed by atoms with Gasteiger partial charge in [0.15, 0.2) is 0 Å². The van der Waals surface area contributed by atoms with E-state index in [2.05, 4.69) is 15.3 Å². The number of aliphatic hydroxyl groups is 1.